The molecule has 0 aliphatic heterocycles. The van der Waals surface area contributed by atoms with Gasteiger partial charge in [0.05, 0.1) is 7.11 Å². The monoisotopic (exact) mass is 231 g/mol. The van der Waals surface area contributed by atoms with E-state index in [9.17, 15) is 4.79 Å². The number of carbonyl (C=O) groups is 1. The molecule has 1 heterocycles. The van der Waals surface area contributed by atoms with Crippen LogP contribution in [-0.4, -0.2) is 22.6 Å². The summed E-state index contributed by atoms with van der Waals surface area (Å²) < 4.78 is 6.74. The summed E-state index contributed by atoms with van der Waals surface area (Å²) in [5.74, 6) is 0.821. The van der Waals surface area contributed by atoms with Crippen molar-refractivity contribution in [1.29, 1.82) is 0 Å². The zero-order valence-corrected chi connectivity index (χ0v) is 9.68. The Bertz CT molecular complexity index is 534. The van der Waals surface area contributed by atoms with Crippen LogP contribution < -0.4 is 10.1 Å². The van der Waals surface area contributed by atoms with Gasteiger partial charge in [-0.3, -0.25) is 4.79 Å². The molecule has 0 aliphatic rings. The van der Waals surface area contributed by atoms with E-state index in [1.165, 1.54) is 0 Å². The van der Waals surface area contributed by atoms with Crippen molar-refractivity contribution in [2.24, 2.45) is 7.05 Å². The number of amides is 1. The largest absolute Gasteiger partial charge is 0.497 e. The average molecular weight is 231 g/mol. The Morgan fingerprint density at radius 1 is 1.47 bits per heavy atom. The zero-order valence-electron chi connectivity index (χ0n) is 9.68. The van der Waals surface area contributed by atoms with Gasteiger partial charge in [0, 0.05) is 31.2 Å². The van der Waals surface area contributed by atoms with Gasteiger partial charge < -0.3 is 14.6 Å². The molecule has 0 bridgehead atoms. The molecule has 2 aromatic rings. The summed E-state index contributed by atoms with van der Waals surface area (Å²) in [6, 6.07) is 7.17. The fraction of sp³-hybridized carbons (Fsp3) is 0.167. The van der Waals surface area contributed by atoms with E-state index in [1.807, 2.05) is 12.1 Å². The molecule has 1 aromatic carbocycles. The molecule has 0 spiro atoms. The van der Waals surface area contributed by atoms with Gasteiger partial charge in [-0.2, -0.15) is 0 Å². The molecule has 17 heavy (non-hydrogen) atoms. The SMILES string of the molecule is COc1cccc(NC(=O)c2nccn2C)c1. The van der Waals surface area contributed by atoms with E-state index in [4.69, 9.17) is 4.74 Å². The third kappa shape index (κ3) is 2.44. The Morgan fingerprint density at radius 3 is 2.94 bits per heavy atom. The Hall–Kier alpha value is -2.30. The van der Waals surface area contributed by atoms with Crippen LogP contribution in [0.15, 0.2) is 36.7 Å². The fourth-order valence-corrected chi connectivity index (χ4v) is 1.47. The van der Waals surface area contributed by atoms with Crippen LogP contribution in [-0.2, 0) is 7.05 Å². The molecule has 1 amide bonds. The molecule has 88 valence electrons. The first-order valence-corrected chi connectivity index (χ1v) is 5.13. The van der Waals surface area contributed by atoms with Crippen LogP contribution >= 0.6 is 0 Å². The van der Waals surface area contributed by atoms with Gasteiger partial charge in [-0.25, -0.2) is 4.98 Å². The summed E-state index contributed by atoms with van der Waals surface area (Å²) in [6.07, 6.45) is 3.31. The standard InChI is InChI=1S/C12H13N3O2/c1-15-7-6-13-11(15)12(16)14-9-4-3-5-10(8-9)17-2/h3-8H,1-2H3,(H,14,16). The van der Waals surface area contributed by atoms with Gasteiger partial charge in [0.15, 0.2) is 5.82 Å². The molecule has 0 unspecified atom stereocenters. The molecular weight excluding hydrogens is 218 g/mol. The summed E-state index contributed by atoms with van der Waals surface area (Å²) in [7, 11) is 3.35. The number of carbonyl (C=O) groups excluding carboxylic acids is 1. The van der Waals surface area contributed by atoms with E-state index in [0.717, 1.165) is 0 Å². The highest BCUT2D eigenvalue weighted by molar-refractivity contribution is 6.01. The molecule has 1 aromatic heterocycles. The molecule has 1 N–H and O–H groups in total. The third-order valence-corrected chi connectivity index (χ3v) is 2.35. The van der Waals surface area contributed by atoms with Crippen LogP contribution in [0.5, 0.6) is 5.75 Å². The van der Waals surface area contributed by atoms with Crippen LogP contribution in [0.25, 0.3) is 0 Å². The third-order valence-electron chi connectivity index (χ3n) is 2.35. The van der Waals surface area contributed by atoms with Crippen molar-refractivity contribution in [1.82, 2.24) is 9.55 Å². The summed E-state index contributed by atoms with van der Waals surface area (Å²) in [4.78, 5) is 15.8. The topological polar surface area (TPSA) is 56.1 Å². The lowest BCUT2D eigenvalue weighted by atomic mass is 10.3. The highest BCUT2D eigenvalue weighted by Gasteiger charge is 2.10. The number of anilines is 1. The number of benzene rings is 1. The lowest BCUT2D eigenvalue weighted by molar-refractivity contribution is 0.101. The Kier molecular flexibility index (Phi) is 3.09. The second-order valence-corrected chi connectivity index (χ2v) is 3.55. The minimum Gasteiger partial charge on any atom is -0.497 e. The minimum atomic E-state index is -0.245. The molecule has 5 nitrogen and oxygen atoms in total. The number of aromatic nitrogens is 2. The predicted molar refractivity (Wildman–Crippen MR) is 64.2 cm³/mol. The van der Waals surface area contributed by atoms with E-state index < -0.39 is 0 Å². The first kappa shape index (κ1) is 11.2. The molecule has 0 aliphatic carbocycles. The predicted octanol–water partition coefficient (Wildman–Crippen LogP) is 1.68. The fourth-order valence-electron chi connectivity index (χ4n) is 1.47. The van der Waals surface area contributed by atoms with Crippen molar-refractivity contribution in [3.63, 3.8) is 0 Å². The van der Waals surface area contributed by atoms with E-state index >= 15 is 0 Å². The van der Waals surface area contributed by atoms with E-state index in [1.54, 1.807) is 43.3 Å². The number of nitrogens with zero attached hydrogens (tertiary/aromatic N) is 2. The van der Waals surface area contributed by atoms with Gasteiger partial charge in [-0.1, -0.05) is 6.07 Å². The summed E-state index contributed by atoms with van der Waals surface area (Å²) in [5.41, 5.74) is 0.678. The van der Waals surface area contributed by atoms with Gasteiger partial charge in [-0.15, -0.1) is 0 Å². The molecule has 0 fully saturated rings. The highest BCUT2D eigenvalue weighted by Crippen LogP contribution is 2.17. The number of aryl methyl sites for hydroxylation is 1. The van der Waals surface area contributed by atoms with Crippen LogP contribution in [0.1, 0.15) is 10.6 Å². The number of hydrogen-bond acceptors (Lipinski definition) is 3. The normalized spacial score (nSPS) is 10.0. The summed E-state index contributed by atoms with van der Waals surface area (Å²) >= 11 is 0. The van der Waals surface area contributed by atoms with Crippen molar-refractivity contribution >= 4 is 11.6 Å². The Morgan fingerprint density at radius 2 is 2.29 bits per heavy atom. The molecule has 2 rings (SSSR count). The lowest BCUT2D eigenvalue weighted by Crippen LogP contribution is -2.16. The number of nitrogens with one attached hydrogen (secondary N) is 1. The van der Waals surface area contributed by atoms with Crippen LogP contribution in [0.2, 0.25) is 0 Å². The maximum Gasteiger partial charge on any atom is 0.291 e. The van der Waals surface area contributed by atoms with E-state index in [-0.39, 0.29) is 5.91 Å². The number of imidazole rings is 1. The summed E-state index contributed by atoms with van der Waals surface area (Å²) in [5, 5.41) is 2.76. The Labute approximate surface area is 99.0 Å². The zero-order chi connectivity index (χ0) is 12.3. The van der Waals surface area contributed by atoms with Gasteiger partial charge in [0.25, 0.3) is 5.91 Å². The van der Waals surface area contributed by atoms with Crippen molar-refractivity contribution < 1.29 is 9.53 Å². The molecule has 0 saturated heterocycles. The Balaban J connectivity index is 2.16. The lowest BCUT2D eigenvalue weighted by Gasteiger charge is -2.06. The van der Waals surface area contributed by atoms with Crippen molar-refractivity contribution in [2.75, 3.05) is 12.4 Å². The average Bonchev–Trinajstić information content (AvgIpc) is 2.76. The number of rotatable bonds is 3. The number of hydrogen-bond donors (Lipinski definition) is 1. The van der Waals surface area contributed by atoms with Crippen molar-refractivity contribution in [3.05, 3.63) is 42.5 Å². The van der Waals surface area contributed by atoms with Gasteiger partial charge in [-0.05, 0) is 12.1 Å². The first-order chi connectivity index (χ1) is 8.20. The van der Waals surface area contributed by atoms with E-state index in [0.29, 0.717) is 17.3 Å². The molecule has 5 heteroatoms. The van der Waals surface area contributed by atoms with Crippen LogP contribution in [0, 0.1) is 0 Å². The van der Waals surface area contributed by atoms with Crippen LogP contribution in [0.3, 0.4) is 0 Å². The number of ether oxygens (including phenoxy) is 1. The maximum absolute atomic E-state index is 11.9. The maximum atomic E-state index is 11.9. The molecule has 0 saturated carbocycles. The number of methoxy groups -OCH3 is 1. The second kappa shape index (κ2) is 4.69. The molecule has 0 atom stereocenters. The van der Waals surface area contributed by atoms with Gasteiger partial charge >= 0.3 is 0 Å². The molecular formula is C12H13N3O2. The molecule has 0 radical (unpaired) electrons. The first-order valence-electron chi connectivity index (χ1n) is 5.13. The van der Waals surface area contributed by atoms with Gasteiger partial charge in [0.1, 0.15) is 5.75 Å². The quantitative estimate of drug-likeness (QED) is 0.874. The van der Waals surface area contributed by atoms with Crippen molar-refractivity contribution in [2.45, 2.75) is 0 Å². The van der Waals surface area contributed by atoms with Crippen LogP contribution in [0.4, 0.5) is 5.69 Å². The highest BCUT2D eigenvalue weighted by atomic mass is 16.5. The summed E-state index contributed by atoms with van der Waals surface area (Å²) in [6.45, 7) is 0. The van der Waals surface area contributed by atoms with Crippen molar-refractivity contribution in [3.8, 4) is 5.75 Å². The van der Waals surface area contributed by atoms with Gasteiger partial charge in [0.2, 0.25) is 0 Å². The van der Waals surface area contributed by atoms with E-state index in [2.05, 4.69) is 10.3 Å². The minimum absolute atomic E-state index is 0.245. The smallest absolute Gasteiger partial charge is 0.291 e. The second-order valence-electron chi connectivity index (χ2n) is 3.55.